The van der Waals surface area contributed by atoms with Crippen molar-refractivity contribution in [3.8, 4) is 27.6 Å². The van der Waals surface area contributed by atoms with E-state index in [2.05, 4.69) is 20.5 Å². The Morgan fingerprint density at radius 3 is 2.74 bits per heavy atom. The van der Waals surface area contributed by atoms with E-state index in [1.807, 2.05) is 37.3 Å². The highest BCUT2D eigenvalue weighted by molar-refractivity contribution is 7.19. The van der Waals surface area contributed by atoms with E-state index in [-0.39, 0.29) is 5.75 Å². The number of likely N-dealkylation sites (tertiary alicyclic amines) is 1. The Bertz CT molecular complexity index is 1410. The van der Waals surface area contributed by atoms with Crippen LogP contribution in [0.15, 0.2) is 54.7 Å². The van der Waals surface area contributed by atoms with Crippen LogP contribution in [0.25, 0.3) is 21.8 Å². The maximum absolute atomic E-state index is 14.8. The van der Waals surface area contributed by atoms with E-state index >= 15 is 0 Å². The number of hydrogen-bond donors (Lipinski definition) is 3. The molecule has 204 valence electrons. The third kappa shape index (κ3) is 6.70. The minimum absolute atomic E-state index is 0.235. The number of aromatic nitrogens is 3. The van der Waals surface area contributed by atoms with Gasteiger partial charge in [-0.25, -0.2) is 19.3 Å². The van der Waals surface area contributed by atoms with Crippen molar-refractivity contribution in [1.82, 2.24) is 19.9 Å². The summed E-state index contributed by atoms with van der Waals surface area (Å²) < 4.78 is 20.4. The highest BCUT2D eigenvalue weighted by atomic mass is 32.1. The van der Waals surface area contributed by atoms with Gasteiger partial charge in [0, 0.05) is 36.6 Å². The third-order valence-electron chi connectivity index (χ3n) is 6.54. The molecule has 2 aromatic heterocycles. The molecule has 1 aliphatic heterocycles. The van der Waals surface area contributed by atoms with E-state index in [4.69, 9.17) is 14.7 Å². The molecule has 0 saturated carbocycles. The number of benzene rings is 2. The number of aliphatic hydroxyl groups excluding tert-OH is 1. The van der Waals surface area contributed by atoms with Gasteiger partial charge >= 0.3 is 0 Å². The average molecular weight is 549 g/mol. The van der Waals surface area contributed by atoms with E-state index in [9.17, 15) is 9.50 Å². The van der Waals surface area contributed by atoms with E-state index in [0.29, 0.717) is 23.9 Å². The zero-order chi connectivity index (χ0) is 27.2. The molecule has 1 unspecified atom stereocenters. The van der Waals surface area contributed by atoms with Crippen molar-refractivity contribution >= 4 is 28.1 Å². The molecule has 0 spiro atoms. The van der Waals surface area contributed by atoms with Crippen LogP contribution in [-0.4, -0.2) is 57.7 Å². The van der Waals surface area contributed by atoms with Crippen molar-refractivity contribution in [2.24, 2.45) is 0 Å². The maximum atomic E-state index is 14.8. The normalized spacial score (nSPS) is 14.4. The van der Waals surface area contributed by atoms with Crippen molar-refractivity contribution in [2.75, 3.05) is 43.4 Å². The molecule has 1 atom stereocenters. The van der Waals surface area contributed by atoms with Gasteiger partial charge in [-0.05, 0) is 69.6 Å². The Morgan fingerprint density at radius 1 is 1.13 bits per heavy atom. The highest BCUT2D eigenvalue weighted by Gasteiger charge is 2.18. The molecule has 1 saturated heterocycles. The second-order valence-corrected chi connectivity index (χ2v) is 10.5. The predicted molar refractivity (Wildman–Crippen MR) is 154 cm³/mol. The van der Waals surface area contributed by atoms with Crippen LogP contribution in [0.2, 0.25) is 0 Å². The molecular weight excluding hydrogens is 515 g/mol. The summed E-state index contributed by atoms with van der Waals surface area (Å²) in [5.74, 6) is 0.145. The van der Waals surface area contributed by atoms with Crippen LogP contribution in [0.4, 0.5) is 21.2 Å². The molecule has 39 heavy (non-hydrogen) atoms. The van der Waals surface area contributed by atoms with Crippen LogP contribution in [0.1, 0.15) is 38.4 Å². The lowest BCUT2D eigenvalue weighted by atomic mass is 10.0. The Morgan fingerprint density at radius 2 is 1.97 bits per heavy atom. The summed E-state index contributed by atoms with van der Waals surface area (Å²) >= 11 is 1.50. The number of ether oxygens (including phenoxy) is 1. The lowest BCUT2D eigenvalue weighted by Crippen LogP contribution is -2.25. The lowest BCUT2D eigenvalue weighted by Gasteiger charge is -2.15. The molecule has 3 N–H and O–H groups in total. The molecule has 1 fully saturated rings. The molecular formula is C29H33FN6O2S. The third-order valence-corrected chi connectivity index (χ3v) is 7.57. The maximum Gasteiger partial charge on any atom is 0.227 e. The van der Waals surface area contributed by atoms with E-state index < -0.39 is 11.9 Å². The summed E-state index contributed by atoms with van der Waals surface area (Å²) in [5.41, 5.74) is 3.68. The average Bonchev–Trinajstić information content (AvgIpc) is 3.61. The standard InChI is InChI=1S/C29H33FN6O2S/c1-3-31-29-35-26(21-8-6-7-20(17-21)19(2)37)27(39-29)24-11-12-32-28(34-24)33-22-9-10-25(23(30)18-22)38-16-15-36-13-4-5-14-36/h6-12,17-19,37H,3-5,13-16H2,1-2H3,(H,31,35)(H,32,33,34). The van der Waals surface area contributed by atoms with Crippen LogP contribution < -0.4 is 15.4 Å². The number of nitrogens with zero attached hydrogens (tertiary/aromatic N) is 4. The number of anilines is 3. The fraction of sp³-hybridized carbons (Fsp3) is 0.345. The van der Waals surface area contributed by atoms with E-state index in [0.717, 1.165) is 53.0 Å². The van der Waals surface area contributed by atoms with Gasteiger partial charge in [-0.3, -0.25) is 4.90 Å². The molecule has 1 aliphatic rings. The Kier molecular flexibility index (Phi) is 8.65. The fourth-order valence-electron chi connectivity index (χ4n) is 4.52. The first-order chi connectivity index (χ1) is 19.0. The van der Waals surface area contributed by atoms with Crippen molar-refractivity contribution in [2.45, 2.75) is 32.8 Å². The topological polar surface area (TPSA) is 95.4 Å². The highest BCUT2D eigenvalue weighted by Crippen LogP contribution is 2.39. The number of nitrogens with one attached hydrogen (secondary N) is 2. The summed E-state index contributed by atoms with van der Waals surface area (Å²) in [5, 5.41) is 17.2. The van der Waals surface area contributed by atoms with Gasteiger partial charge < -0.3 is 20.5 Å². The predicted octanol–water partition coefficient (Wildman–Crippen LogP) is 6.11. The van der Waals surface area contributed by atoms with Crippen LogP contribution in [-0.2, 0) is 0 Å². The van der Waals surface area contributed by atoms with Gasteiger partial charge in [0.1, 0.15) is 6.61 Å². The Balaban J connectivity index is 1.35. The second-order valence-electron chi connectivity index (χ2n) is 9.46. The largest absolute Gasteiger partial charge is 0.489 e. The first-order valence-corrected chi connectivity index (χ1v) is 14.1. The molecule has 0 aliphatic carbocycles. The molecule has 3 heterocycles. The van der Waals surface area contributed by atoms with Gasteiger partial charge in [0.2, 0.25) is 5.95 Å². The number of hydrogen-bond acceptors (Lipinski definition) is 9. The van der Waals surface area contributed by atoms with Crippen LogP contribution in [0.3, 0.4) is 0 Å². The van der Waals surface area contributed by atoms with Gasteiger partial charge in [0.05, 0.1) is 22.4 Å². The Labute approximate surface area is 231 Å². The lowest BCUT2D eigenvalue weighted by molar-refractivity contribution is 0.199. The van der Waals surface area contributed by atoms with Crippen molar-refractivity contribution in [3.05, 3.63) is 66.1 Å². The van der Waals surface area contributed by atoms with Crippen LogP contribution >= 0.6 is 11.3 Å². The molecule has 10 heteroatoms. The molecule has 8 nitrogen and oxygen atoms in total. The summed E-state index contributed by atoms with van der Waals surface area (Å²) in [6.45, 7) is 7.93. The SMILES string of the molecule is CCNc1nc(-c2cccc(C(C)O)c2)c(-c2ccnc(Nc3ccc(OCCN4CCCC4)c(F)c3)n2)s1. The molecule has 4 aromatic rings. The van der Waals surface area contributed by atoms with Crippen LogP contribution in [0.5, 0.6) is 5.75 Å². The number of thiazole rings is 1. The smallest absolute Gasteiger partial charge is 0.227 e. The number of rotatable bonds is 11. The summed E-state index contributed by atoms with van der Waals surface area (Å²) in [6.07, 6.45) is 3.52. The first-order valence-electron chi connectivity index (χ1n) is 13.3. The summed E-state index contributed by atoms with van der Waals surface area (Å²) in [6, 6.07) is 14.3. The van der Waals surface area contributed by atoms with Gasteiger partial charge in [-0.2, -0.15) is 0 Å². The van der Waals surface area contributed by atoms with Crippen LogP contribution in [0, 0.1) is 5.82 Å². The molecule has 2 aromatic carbocycles. The minimum atomic E-state index is -0.586. The molecule has 5 rings (SSSR count). The number of halogens is 1. The first kappa shape index (κ1) is 27.0. The fourth-order valence-corrected chi connectivity index (χ4v) is 5.55. The van der Waals surface area contributed by atoms with Crippen molar-refractivity contribution < 1.29 is 14.2 Å². The van der Waals surface area contributed by atoms with Crippen molar-refractivity contribution in [1.29, 1.82) is 0 Å². The minimum Gasteiger partial charge on any atom is -0.489 e. The van der Waals surface area contributed by atoms with Gasteiger partial charge in [0.15, 0.2) is 16.7 Å². The molecule has 0 radical (unpaired) electrons. The molecule has 0 bridgehead atoms. The molecule has 0 amide bonds. The van der Waals surface area contributed by atoms with Gasteiger partial charge in [-0.1, -0.05) is 29.5 Å². The summed E-state index contributed by atoms with van der Waals surface area (Å²) in [4.78, 5) is 17.1. The summed E-state index contributed by atoms with van der Waals surface area (Å²) in [7, 11) is 0. The van der Waals surface area contributed by atoms with E-state index in [1.54, 1.807) is 25.3 Å². The number of aliphatic hydroxyl groups is 1. The monoisotopic (exact) mass is 548 g/mol. The quantitative estimate of drug-likeness (QED) is 0.207. The zero-order valence-corrected chi connectivity index (χ0v) is 23.0. The Hall–Kier alpha value is -3.60. The van der Waals surface area contributed by atoms with Gasteiger partial charge in [-0.15, -0.1) is 0 Å². The van der Waals surface area contributed by atoms with Gasteiger partial charge in [0.25, 0.3) is 0 Å². The van der Waals surface area contributed by atoms with E-state index in [1.165, 1.54) is 30.2 Å². The zero-order valence-electron chi connectivity index (χ0n) is 22.2. The van der Waals surface area contributed by atoms with Crippen molar-refractivity contribution in [3.63, 3.8) is 0 Å². The second kappa shape index (κ2) is 12.5.